The van der Waals surface area contributed by atoms with Gasteiger partial charge in [-0.2, -0.15) is 0 Å². The van der Waals surface area contributed by atoms with Crippen molar-refractivity contribution in [3.05, 3.63) is 200 Å². The average Bonchev–Trinajstić information content (AvgIpc) is 3.99. The molecule has 58 heavy (non-hydrogen) atoms. The van der Waals surface area contributed by atoms with Crippen molar-refractivity contribution in [1.29, 1.82) is 0 Å². The Bertz CT molecular complexity index is 3470. The van der Waals surface area contributed by atoms with Gasteiger partial charge in [-0.1, -0.05) is 146 Å². The van der Waals surface area contributed by atoms with E-state index >= 15 is 0 Å². The SMILES string of the molecule is c1ccc(-c2ccc(-c3ccc(N(c4ccc(-c5ccccc5)cc4)c4cc5oc6ccc7oc8ccccc8c7c6c5c5oc6ccccc6c45)cc3)cc2)cc1. The molecule has 0 N–H and O–H groups in total. The molecule has 0 fully saturated rings. The van der Waals surface area contributed by atoms with Crippen LogP contribution in [0.4, 0.5) is 17.1 Å². The molecular weight excluding hydrogens is 711 g/mol. The van der Waals surface area contributed by atoms with E-state index in [9.17, 15) is 0 Å². The van der Waals surface area contributed by atoms with Gasteiger partial charge in [-0.25, -0.2) is 0 Å². The number of hydrogen-bond donors (Lipinski definition) is 0. The van der Waals surface area contributed by atoms with E-state index in [1.807, 2.05) is 36.4 Å². The summed E-state index contributed by atoms with van der Waals surface area (Å²) >= 11 is 0. The first kappa shape index (κ1) is 32.4. The molecule has 0 saturated heterocycles. The van der Waals surface area contributed by atoms with Crippen LogP contribution in [0.15, 0.2) is 213 Å². The first-order valence-corrected chi connectivity index (χ1v) is 19.6. The largest absolute Gasteiger partial charge is 0.456 e. The van der Waals surface area contributed by atoms with E-state index in [0.717, 1.165) is 99.6 Å². The minimum atomic E-state index is 0.746. The van der Waals surface area contributed by atoms with E-state index in [1.165, 1.54) is 16.7 Å². The smallest absolute Gasteiger partial charge is 0.149 e. The molecule has 272 valence electrons. The summed E-state index contributed by atoms with van der Waals surface area (Å²) in [6.45, 7) is 0. The molecule has 4 heteroatoms. The zero-order valence-electron chi connectivity index (χ0n) is 31.2. The molecule has 0 atom stereocenters. The molecule has 3 aromatic heterocycles. The standard InChI is InChI=1S/C54H33NO3/c1-3-11-34(12-4-1)36-19-21-37(22-20-36)39-25-29-41(30-26-39)55(40-27-23-38(24-28-40)35-13-5-2-6-14-35)44-33-49-53(54-50(44)42-15-7-10-18-46(42)58-54)52-48(57-49)32-31-47-51(52)43-16-8-9-17-45(43)56-47/h1-33H. The van der Waals surface area contributed by atoms with Gasteiger partial charge in [0.2, 0.25) is 0 Å². The Kier molecular flexibility index (Phi) is 7.20. The van der Waals surface area contributed by atoms with Crippen molar-refractivity contribution in [2.75, 3.05) is 4.90 Å². The van der Waals surface area contributed by atoms with Gasteiger partial charge in [0.1, 0.15) is 33.5 Å². The fourth-order valence-corrected chi connectivity index (χ4v) is 8.75. The Morgan fingerprint density at radius 2 is 0.690 bits per heavy atom. The van der Waals surface area contributed by atoms with Crippen molar-refractivity contribution in [3.8, 4) is 33.4 Å². The van der Waals surface area contributed by atoms with Gasteiger partial charge < -0.3 is 18.2 Å². The van der Waals surface area contributed by atoms with Crippen molar-refractivity contribution >= 4 is 82.9 Å². The summed E-state index contributed by atoms with van der Waals surface area (Å²) in [4.78, 5) is 2.33. The number of fused-ring (bicyclic) bond motifs is 11. The molecule has 0 radical (unpaired) electrons. The third-order valence-corrected chi connectivity index (χ3v) is 11.5. The second kappa shape index (κ2) is 12.9. The van der Waals surface area contributed by atoms with E-state index in [4.69, 9.17) is 13.3 Å². The lowest BCUT2D eigenvalue weighted by Gasteiger charge is -2.27. The van der Waals surface area contributed by atoms with Crippen molar-refractivity contribution in [2.45, 2.75) is 0 Å². The van der Waals surface area contributed by atoms with Gasteiger partial charge in [0.25, 0.3) is 0 Å². The van der Waals surface area contributed by atoms with Crippen LogP contribution in [0.3, 0.4) is 0 Å². The first-order valence-electron chi connectivity index (χ1n) is 19.6. The van der Waals surface area contributed by atoms with E-state index in [0.29, 0.717) is 0 Å². The lowest BCUT2D eigenvalue weighted by molar-refractivity contribution is 0.660. The van der Waals surface area contributed by atoms with Crippen molar-refractivity contribution < 1.29 is 13.3 Å². The lowest BCUT2D eigenvalue weighted by atomic mass is 9.99. The second-order valence-corrected chi connectivity index (χ2v) is 14.8. The molecular formula is C54H33NO3. The van der Waals surface area contributed by atoms with Crippen LogP contribution in [0.2, 0.25) is 0 Å². The lowest BCUT2D eigenvalue weighted by Crippen LogP contribution is -2.10. The van der Waals surface area contributed by atoms with E-state index < -0.39 is 0 Å². The number of benzene rings is 9. The van der Waals surface area contributed by atoms with Crippen LogP contribution in [-0.4, -0.2) is 0 Å². The molecule has 0 bridgehead atoms. The number of nitrogens with zero attached hydrogens (tertiary/aromatic N) is 1. The minimum Gasteiger partial charge on any atom is -0.456 e. The minimum absolute atomic E-state index is 0.746. The summed E-state index contributed by atoms with van der Waals surface area (Å²) in [6, 6.07) is 70.2. The predicted octanol–water partition coefficient (Wildman–Crippen LogP) is 15.9. The Morgan fingerprint density at radius 1 is 0.276 bits per heavy atom. The Hall–Kier alpha value is -7.82. The maximum Gasteiger partial charge on any atom is 0.149 e. The highest BCUT2D eigenvalue weighted by molar-refractivity contribution is 6.33. The normalized spacial score (nSPS) is 11.8. The zero-order chi connectivity index (χ0) is 38.2. The fourth-order valence-electron chi connectivity index (χ4n) is 8.75. The van der Waals surface area contributed by atoms with Crippen LogP contribution in [0, 0.1) is 0 Å². The summed E-state index contributed by atoms with van der Waals surface area (Å²) < 4.78 is 20.1. The van der Waals surface area contributed by atoms with Crippen LogP contribution in [0.1, 0.15) is 0 Å². The van der Waals surface area contributed by atoms with Crippen LogP contribution in [0.5, 0.6) is 0 Å². The van der Waals surface area contributed by atoms with Gasteiger partial charge >= 0.3 is 0 Å². The van der Waals surface area contributed by atoms with E-state index in [2.05, 4.69) is 169 Å². The molecule has 0 aliphatic heterocycles. The van der Waals surface area contributed by atoms with Crippen molar-refractivity contribution in [2.24, 2.45) is 0 Å². The molecule has 0 saturated carbocycles. The molecule has 0 amide bonds. The summed E-state index contributed by atoms with van der Waals surface area (Å²) in [5.41, 5.74) is 14.8. The Balaban J connectivity index is 1.08. The van der Waals surface area contributed by atoms with E-state index in [-0.39, 0.29) is 0 Å². The van der Waals surface area contributed by atoms with Crippen LogP contribution < -0.4 is 4.90 Å². The van der Waals surface area contributed by atoms with Crippen molar-refractivity contribution in [1.82, 2.24) is 0 Å². The fraction of sp³-hybridized carbons (Fsp3) is 0. The monoisotopic (exact) mass is 743 g/mol. The molecule has 9 aromatic carbocycles. The van der Waals surface area contributed by atoms with Gasteiger partial charge in [0.05, 0.1) is 16.5 Å². The number of para-hydroxylation sites is 2. The van der Waals surface area contributed by atoms with Gasteiger partial charge in [-0.05, 0) is 81.9 Å². The Morgan fingerprint density at radius 3 is 1.24 bits per heavy atom. The zero-order valence-corrected chi connectivity index (χ0v) is 31.2. The predicted molar refractivity (Wildman–Crippen MR) is 239 cm³/mol. The van der Waals surface area contributed by atoms with Crippen LogP contribution in [-0.2, 0) is 0 Å². The average molecular weight is 744 g/mol. The molecule has 12 aromatic rings. The molecule has 0 aliphatic carbocycles. The summed E-state index contributed by atoms with van der Waals surface area (Å²) in [7, 11) is 0. The topological polar surface area (TPSA) is 42.7 Å². The molecule has 12 rings (SSSR count). The molecule has 3 heterocycles. The summed E-state index contributed by atoms with van der Waals surface area (Å²) in [5, 5.41) is 6.07. The number of furan rings is 3. The summed E-state index contributed by atoms with van der Waals surface area (Å²) in [6.07, 6.45) is 0. The second-order valence-electron chi connectivity index (χ2n) is 14.8. The third kappa shape index (κ3) is 5.09. The molecule has 0 aliphatic rings. The van der Waals surface area contributed by atoms with Gasteiger partial charge in [0, 0.05) is 39.0 Å². The van der Waals surface area contributed by atoms with Gasteiger partial charge in [-0.15, -0.1) is 0 Å². The number of rotatable bonds is 6. The van der Waals surface area contributed by atoms with Gasteiger partial charge in [0.15, 0.2) is 0 Å². The highest BCUT2D eigenvalue weighted by Crippen LogP contribution is 2.50. The third-order valence-electron chi connectivity index (χ3n) is 11.5. The quantitative estimate of drug-likeness (QED) is 0.170. The van der Waals surface area contributed by atoms with Crippen LogP contribution >= 0.6 is 0 Å². The Labute approximate surface area is 333 Å². The highest BCUT2D eigenvalue weighted by Gasteiger charge is 2.26. The molecule has 0 spiro atoms. The number of anilines is 3. The van der Waals surface area contributed by atoms with Gasteiger partial charge in [-0.3, -0.25) is 0 Å². The highest BCUT2D eigenvalue weighted by atomic mass is 16.3. The maximum absolute atomic E-state index is 6.91. The van der Waals surface area contributed by atoms with E-state index in [1.54, 1.807) is 0 Å². The molecule has 0 unspecified atom stereocenters. The molecule has 4 nitrogen and oxygen atoms in total. The van der Waals surface area contributed by atoms with Crippen molar-refractivity contribution in [3.63, 3.8) is 0 Å². The first-order chi connectivity index (χ1) is 28.7. The number of hydrogen-bond acceptors (Lipinski definition) is 4. The summed E-state index contributed by atoms with van der Waals surface area (Å²) in [5.74, 6) is 0. The van der Waals surface area contributed by atoms with Crippen LogP contribution in [0.25, 0.3) is 99.2 Å². The maximum atomic E-state index is 6.91.